The lowest BCUT2D eigenvalue weighted by atomic mass is 10.1. The standard InChI is InChI=1S/C19H18N4O2/c1-2-23-17-15(4-3-11-20-17)22-16(19(23)25)12-5-7-13(8-6-12)18(24)21-14-9-10-14/h3-8,11,14H,2,9-10H2,1H3,(H,21,24). The fraction of sp³-hybridized carbons (Fsp3) is 0.263. The normalized spacial score (nSPS) is 13.8. The summed E-state index contributed by atoms with van der Waals surface area (Å²) in [5.74, 6) is -0.0734. The molecule has 1 aliphatic carbocycles. The largest absolute Gasteiger partial charge is 0.349 e. The van der Waals surface area contributed by atoms with Gasteiger partial charge in [0.15, 0.2) is 5.65 Å². The Bertz CT molecular complexity index is 1000. The van der Waals surface area contributed by atoms with E-state index < -0.39 is 0 Å². The van der Waals surface area contributed by atoms with Gasteiger partial charge in [-0.2, -0.15) is 0 Å². The lowest BCUT2D eigenvalue weighted by molar-refractivity contribution is 0.0951. The number of pyridine rings is 1. The summed E-state index contributed by atoms with van der Waals surface area (Å²) in [5, 5.41) is 2.95. The number of amides is 1. The summed E-state index contributed by atoms with van der Waals surface area (Å²) in [6.07, 6.45) is 3.76. The monoisotopic (exact) mass is 334 g/mol. The zero-order valence-electron chi connectivity index (χ0n) is 13.9. The predicted octanol–water partition coefficient (Wildman–Crippen LogP) is 2.37. The van der Waals surface area contributed by atoms with Crippen LogP contribution in [0.25, 0.3) is 22.4 Å². The second-order valence-electron chi connectivity index (χ2n) is 6.18. The first kappa shape index (κ1) is 15.5. The molecule has 6 nitrogen and oxygen atoms in total. The summed E-state index contributed by atoms with van der Waals surface area (Å²) in [4.78, 5) is 33.6. The summed E-state index contributed by atoms with van der Waals surface area (Å²) in [5.41, 5.74) is 2.74. The molecule has 0 aliphatic heterocycles. The van der Waals surface area contributed by atoms with Crippen molar-refractivity contribution in [1.29, 1.82) is 0 Å². The van der Waals surface area contributed by atoms with Crippen molar-refractivity contribution < 1.29 is 4.79 Å². The minimum absolute atomic E-state index is 0.0734. The smallest absolute Gasteiger partial charge is 0.278 e. The molecule has 1 aliphatic rings. The number of carbonyl (C=O) groups excluding carboxylic acids is 1. The Labute approximate surface area is 144 Å². The van der Waals surface area contributed by atoms with E-state index in [2.05, 4.69) is 15.3 Å². The number of aryl methyl sites for hydroxylation is 1. The molecule has 0 saturated heterocycles. The summed E-state index contributed by atoms with van der Waals surface area (Å²) >= 11 is 0. The van der Waals surface area contributed by atoms with Crippen molar-refractivity contribution in [2.45, 2.75) is 32.4 Å². The van der Waals surface area contributed by atoms with Gasteiger partial charge in [-0.1, -0.05) is 12.1 Å². The van der Waals surface area contributed by atoms with Crippen LogP contribution >= 0.6 is 0 Å². The van der Waals surface area contributed by atoms with Crippen molar-refractivity contribution in [3.63, 3.8) is 0 Å². The first-order valence-corrected chi connectivity index (χ1v) is 8.44. The van der Waals surface area contributed by atoms with Gasteiger partial charge >= 0.3 is 0 Å². The van der Waals surface area contributed by atoms with Crippen LogP contribution in [0.2, 0.25) is 0 Å². The third-order valence-electron chi connectivity index (χ3n) is 4.35. The molecule has 6 heteroatoms. The van der Waals surface area contributed by atoms with E-state index >= 15 is 0 Å². The summed E-state index contributed by atoms with van der Waals surface area (Å²) < 4.78 is 1.62. The van der Waals surface area contributed by atoms with Crippen molar-refractivity contribution in [1.82, 2.24) is 19.9 Å². The molecule has 3 aromatic rings. The zero-order valence-corrected chi connectivity index (χ0v) is 13.9. The molecule has 126 valence electrons. The number of rotatable bonds is 4. The van der Waals surface area contributed by atoms with Gasteiger partial charge in [-0.25, -0.2) is 9.97 Å². The Morgan fingerprint density at radius 2 is 2.00 bits per heavy atom. The lowest BCUT2D eigenvalue weighted by Gasteiger charge is -2.10. The van der Waals surface area contributed by atoms with Gasteiger partial charge in [-0.05, 0) is 44.0 Å². The SMILES string of the molecule is CCn1c(=O)c(-c2ccc(C(=O)NC3CC3)cc2)nc2cccnc21. The van der Waals surface area contributed by atoms with Crippen LogP contribution in [-0.2, 0) is 6.54 Å². The number of aromatic nitrogens is 3. The minimum Gasteiger partial charge on any atom is -0.349 e. The maximum Gasteiger partial charge on any atom is 0.278 e. The molecule has 0 atom stereocenters. The molecule has 1 saturated carbocycles. The molecule has 1 aromatic carbocycles. The predicted molar refractivity (Wildman–Crippen MR) is 95.4 cm³/mol. The topological polar surface area (TPSA) is 76.9 Å². The van der Waals surface area contributed by atoms with Gasteiger partial charge in [0.05, 0.1) is 0 Å². The number of carbonyl (C=O) groups is 1. The van der Waals surface area contributed by atoms with E-state index in [9.17, 15) is 9.59 Å². The van der Waals surface area contributed by atoms with Crippen molar-refractivity contribution in [3.8, 4) is 11.3 Å². The highest BCUT2D eigenvalue weighted by Gasteiger charge is 2.23. The van der Waals surface area contributed by atoms with Gasteiger partial charge in [-0.15, -0.1) is 0 Å². The third-order valence-corrected chi connectivity index (χ3v) is 4.35. The molecular weight excluding hydrogens is 316 g/mol. The average molecular weight is 334 g/mol. The molecular formula is C19H18N4O2. The van der Waals surface area contributed by atoms with Gasteiger partial charge in [0.1, 0.15) is 11.2 Å². The van der Waals surface area contributed by atoms with Gasteiger partial charge in [0.2, 0.25) is 0 Å². The number of nitrogens with zero attached hydrogens (tertiary/aromatic N) is 3. The molecule has 0 bridgehead atoms. The van der Waals surface area contributed by atoms with E-state index in [-0.39, 0.29) is 11.5 Å². The fourth-order valence-corrected chi connectivity index (χ4v) is 2.83. The summed E-state index contributed by atoms with van der Waals surface area (Å²) in [6.45, 7) is 2.42. The Kier molecular flexibility index (Phi) is 3.80. The van der Waals surface area contributed by atoms with Crippen LogP contribution in [0.3, 0.4) is 0 Å². The highest BCUT2D eigenvalue weighted by atomic mass is 16.1. The van der Waals surface area contributed by atoms with Crippen molar-refractivity contribution in [2.75, 3.05) is 0 Å². The van der Waals surface area contributed by atoms with Gasteiger partial charge in [0, 0.05) is 29.9 Å². The van der Waals surface area contributed by atoms with Crippen molar-refractivity contribution >= 4 is 17.1 Å². The van der Waals surface area contributed by atoms with Crippen LogP contribution in [0.5, 0.6) is 0 Å². The van der Waals surface area contributed by atoms with Gasteiger partial charge in [-0.3, -0.25) is 14.2 Å². The number of fused-ring (bicyclic) bond motifs is 1. The van der Waals surface area contributed by atoms with Crippen LogP contribution < -0.4 is 10.9 Å². The van der Waals surface area contributed by atoms with E-state index in [4.69, 9.17) is 0 Å². The highest BCUT2D eigenvalue weighted by Crippen LogP contribution is 2.21. The van der Waals surface area contributed by atoms with Crippen molar-refractivity contribution in [2.24, 2.45) is 0 Å². The lowest BCUT2D eigenvalue weighted by Crippen LogP contribution is -2.25. The number of nitrogens with one attached hydrogen (secondary N) is 1. The first-order chi connectivity index (χ1) is 12.2. The second kappa shape index (κ2) is 6.12. The maximum atomic E-state index is 12.8. The molecule has 2 heterocycles. The van der Waals surface area contributed by atoms with Crippen LogP contribution in [0.15, 0.2) is 47.4 Å². The Morgan fingerprint density at radius 1 is 1.24 bits per heavy atom. The van der Waals surface area contributed by atoms with Crippen LogP contribution in [0.1, 0.15) is 30.1 Å². The molecule has 4 rings (SSSR count). The molecule has 1 fully saturated rings. The molecule has 25 heavy (non-hydrogen) atoms. The first-order valence-electron chi connectivity index (χ1n) is 8.44. The van der Waals surface area contributed by atoms with E-state index in [0.29, 0.717) is 40.6 Å². The van der Waals surface area contributed by atoms with E-state index in [1.807, 2.05) is 13.0 Å². The van der Waals surface area contributed by atoms with E-state index in [1.165, 1.54) is 0 Å². The average Bonchev–Trinajstić information content (AvgIpc) is 3.45. The quantitative estimate of drug-likeness (QED) is 0.795. The van der Waals surface area contributed by atoms with Gasteiger partial charge in [0.25, 0.3) is 11.5 Å². The number of hydrogen-bond donors (Lipinski definition) is 1. The molecule has 1 N–H and O–H groups in total. The number of benzene rings is 1. The van der Waals surface area contributed by atoms with Crippen LogP contribution in [0.4, 0.5) is 0 Å². The molecule has 1 amide bonds. The van der Waals surface area contributed by atoms with E-state index in [0.717, 1.165) is 12.8 Å². The molecule has 0 unspecified atom stereocenters. The van der Waals surface area contributed by atoms with Gasteiger partial charge < -0.3 is 5.32 Å². The Hall–Kier alpha value is -3.02. The molecule has 2 aromatic heterocycles. The minimum atomic E-state index is -0.177. The van der Waals surface area contributed by atoms with Crippen molar-refractivity contribution in [3.05, 3.63) is 58.5 Å². The van der Waals surface area contributed by atoms with E-state index in [1.54, 1.807) is 41.1 Å². The maximum absolute atomic E-state index is 12.8. The Morgan fingerprint density at radius 3 is 2.68 bits per heavy atom. The van der Waals surface area contributed by atoms with Crippen LogP contribution in [-0.4, -0.2) is 26.5 Å². The second-order valence-corrected chi connectivity index (χ2v) is 6.18. The number of hydrogen-bond acceptors (Lipinski definition) is 4. The Balaban J connectivity index is 1.75. The highest BCUT2D eigenvalue weighted by molar-refractivity contribution is 5.95. The zero-order chi connectivity index (χ0) is 17.4. The summed E-state index contributed by atoms with van der Waals surface area (Å²) in [7, 11) is 0. The van der Waals surface area contributed by atoms with Crippen LogP contribution in [0, 0.1) is 0 Å². The molecule has 0 spiro atoms. The summed E-state index contributed by atoms with van der Waals surface area (Å²) in [6, 6.07) is 11.0. The fourth-order valence-electron chi connectivity index (χ4n) is 2.83. The third kappa shape index (κ3) is 2.91. The molecule has 0 radical (unpaired) electrons.